The van der Waals surface area contributed by atoms with Crippen molar-refractivity contribution in [2.45, 2.75) is 25.3 Å². The third-order valence-corrected chi connectivity index (χ3v) is 6.01. The molecule has 27 heavy (non-hydrogen) atoms. The number of amides is 2. The number of rotatable bonds is 3. The number of hydrogen-bond donors (Lipinski definition) is 1. The maximum absolute atomic E-state index is 13.3. The van der Waals surface area contributed by atoms with Crippen molar-refractivity contribution in [3.63, 3.8) is 0 Å². The maximum atomic E-state index is 13.3. The predicted molar refractivity (Wildman–Crippen MR) is 102 cm³/mol. The highest BCUT2D eigenvalue weighted by Crippen LogP contribution is 2.39. The monoisotopic (exact) mass is 366 g/mol. The molecule has 2 aromatic rings. The Balaban J connectivity index is 1.56. The number of nitrogens with one attached hydrogen (secondary N) is 1. The van der Waals surface area contributed by atoms with Gasteiger partial charge < -0.3 is 10.2 Å². The third-order valence-electron chi connectivity index (χ3n) is 6.01. The molecule has 2 amide bonds. The molecule has 0 aromatic heterocycles. The minimum Gasteiger partial charge on any atom is -0.356 e. The largest absolute Gasteiger partial charge is 0.356 e. The molecule has 3 atom stereocenters. The van der Waals surface area contributed by atoms with Crippen molar-refractivity contribution in [1.82, 2.24) is 10.2 Å². The zero-order chi connectivity index (χ0) is 19.0. The number of benzene rings is 2. The zero-order valence-electron chi connectivity index (χ0n) is 15.3. The van der Waals surface area contributed by atoms with E-state index in [4.69, 9.17) is 0 Å². The van der Waals surface area contributed by atoms with E-state index >= 15 is 0 Å². The van der Waals surface area contributed by atoms with Gasteiger partial charge in [-0.1, -0.05) is 30.3 Å². The lowest BCUT2D eigenvalue weighted by molar-refractivity contribution is -0.124. The van der Waals surface area contributed by atoms with Crippen molar-refractivity contribution in [1.29, 1.82) is 0 Å². The molecule has 2 aromatic carbocycles. The fourth-order valence-corrected chi connectivity index (χ4v) is 4.46. The summed E-state index contributed by atoms with van der Waals surface area (Å²) < 4.78 is 13.3. The molecule has 1 saturated carbocycles. The van der Waals surface area contributed by atoms with Gasteiger partial charge in [0.15, 0.2) is 0 Å². The highest BCUT2D eigenvalue weighted by Gasteiger charge is 2.40. The molecule has 1 heterocycles. The molecule has 2 aliphatic rings. The molecule has 140 valence electrons. The standard InChI is InChI=1S/C22H23FN2O2/c1-25(18-10-15-12-21(26)24-13-16(15)11-18)22(27)20-5-3-2-4-19(20)14-6-8-17(23)9-7-14/h2-9,15-16,18H,10-13H2,1H3,(H,24,26)/t15-,16+,18-/m1/s1. The lowest BCUT2D eigenvalue weighted by atomic mass is 9.89. The first-order valence-electron chi connectivity index (χ1n) is 9.41. The number of piperidine rings is 1. The van der Waals surface area contributed by atoms with Crippen LogP contribution >= 0.6 is 0 Å². The van der Waals surface area contributed by atoms with E-state index in [1.807, 2.05) is 36.2 Å². The summed E-state index contributed by atoms with van der Waals surface area (Å²) in [4.78, 5) is 26.7. The molecule has 4 rings (SSSR count). The Bertz CT molecular complexity index is 865. The second-order valence-electron chi connectivity index (χ2n) is 7.62. The van der Waals surface area contributed by atoms with Gasteiger partial charge in [0.2, 0.25) is 5.91 Å². The fraction of sp³-hybridized carbons (Fsp3) is 0.364. The van der Waals surface area contributed by atoms with Crippen molar-refractivity contribution in [2.24, 2.45) is 11.8 Å². The number of carbonyl (C=O) groups is 2. The van der Waals surface area contributed by atoms with Gasteiger partial charge in [-0.2, -0.15) is 0 Å². The Morgan fingerprint density at radius 3 is 2.56 bits per heavy atom. The molecule has 1 aliphatic carbocycles. The summed E-state index contributed by atoms with van der Waals surface area (Å²) in [7, 11) is 1.85. The molecule has 0 unspecified atom stereocenters. The van der Waals surface area contributed by atoms with Gasteiger partial charge in [-0.05, 0) is 54.0 Å². The van der Waals surface area contributed by atoms with E-state index < -0.39 is 0 Å². The Morgan fingerprint density at radius 1 is 1.07 bits per heavy atom. The van der Waals surface area contributed by atoms with Crippen LogP contribution in [-0.4, -0.2) is 36.3 Å². The summed E-state index contributed by atoms with van der Waals surface area (Å²) in [6.07, 6.45) is 2.36. The van der Waals surface area contributed by atoms with Crippen LogP contribution in [0.25, 0.3) is 11.1 Å². The maximum Gasteiger partial charge on any atom is 0.254 e. The van der Waals surface area contributed by atoms with Gasteiger partial charge in [0, 0.05) is 31.6 Å². The second-order valence-corrected chi connectivity index (χ2v) is 7.62. The Labute approximate surface area is 158 Å². The number of nitrogens with zero attached hydrogens (tertiary/aromatic N) is 1. The normalized spacial score (nSPS) is 24.2. The molecule has 1 aliphatic heterocycles. The Hall–Kier alpha value is -2.69. The van der Waals surface area contributed by atoms with Crippen LogP contribution in [0, 0.1) is 17.7 Å². The summed E-state index contributed by atoms with van der Waals surface area (Å²) in [6, 6.07) is 13.8. The quantitative estimate of drug-likeness (QED) is 0.904. The van der Waals surface area contributed by atoms with Crippen LogP contribution in [0.2, 0.25) is 0 Å². The number of halogens is 1. The molecule has 0 spiro atoms. The Kier molecular flexibility index (Phi) is 4.68. The number of fused-ring (bicyclic) bond motifs is 1. The van der Waals surface area contributed by atoms with Gasteiger partial charge in [-0.15, -0.1) is 0 Å². The van der Waals surface area contributed by atoms with Gasteiger partial charge in [0.25, 0.3) is 5.91 Å². The smallest absolute Gasteiger partial charge is 0.254 e. The van der Waals surface area contributed by atoms with Gasteiger partial charge >= 0.3 is 0 Å². The average molecular weight is 366 g/mol. The van der Waals surface area contributed by atoms with Crippen LogP contribution < -0.4 is 5.32 Å². The molecule has 2 fully saturated rings. The number of hydrogen-bond acceptors (Lipinski definition) is 2. The molecule has 0 radical (unpaired) electrons. The van der Waals surface area contributed by atoms with Crippen molar-refractivity contribution in [2.75, 3.05) is 13.6 Å². The summed E-state index contributed by atoms with van der Waals surface area (Å²) in [6.45, 7) is 0.716. The van der Waals surface area contributed by atoms with Gasteiger partial charge in [0.05, 0.1) is 0 Å². The van der Waals surface area contributed by atoms with Crippen LogP contribution in [-0.2, 0) is 4.79 Å². The van der Waals surface area contributed by atoms with E-state index in [9.17, 15) is 14.0 Å². The summed E-state index contributed by atoms with van der Waals surface area (Å²) >= 11 is 0. The topological polar surface area (TPSA) is 49.4 Å². The molecular formula is C22H23FN2O2. The summed E-state index contributed by atoms with van der Waals surface area (Å²) in [5, 5.41) is 2.94. The lowest BCUT2D eigenvalue weighted by Gasteiger charge is -2.26. The van der Waals surface area contributed by atoms with Crippen molar-refractivity contribution < 1.29 is 14.0 Å². The average Bonchev–Trinajstić information content (AvgIpc) is 3.10. The van der Waals surface area contributed by atoms with Crippen molar-refractivity contribution >= 4 is 11.8 Å². The fourth-order valence-electron chi connectivity index (χ4n) is 4.46. The minimum atomic E-state index is -0.295. The van der Waals surface area contributed by atoms with E-state index in [-0.39, 0.29) is 23.7 Å². The van der Waals surface area contributed by atoms with Crippen LogP contribution in [0.15, 0.2) is 48.5 Å². The third kappa shape index (κ3) is 3.46. The first-order valence-corrected chi connectivity index (χ1v) is 9.41. The van der Waals surface area contributed by atoms with E-state index in [2.05, 4.69) is 5.32 Å². The summed E-state index contributed by atoms with van der Waals surface area (Å²) in [5.41, 5.74) is 2.25. The van der Waals surface area contributed by atoms with Crippen molar-refractivity contribution in [3.05, 3.63) is 59.9 Å². The van der Waals surface area contributed by atoms with Crippen LogP contribution in [0.5, 0.6) is 0 Å². The molecule has 0 bridgehead atoms. The van der Waals surface area contributed by atoms with Crippen molar-refractivity contribution in [3.8, 4) is 11.1 Å². The van der Waals surface area contributed by atoms with Crippen LogP contribution in [0.4, 0.5) is 4.39 Å². The van der Waals surface area contributed by atoms with Gasteiger partial charge in [-0.25, -0.2) is 4.39 Å². The molecule has 1 saturated heterocycles. The molecule has 5 heteroatoms. The second kappa shape index (κ2) is 7.14. The van der Waals surface area contributed by atoms with E-state index in [1.165, 1.54) is 12.1 Å². The van der Waals surface area contributed by atoms with Crippen LogP contribution in [0.3, 0.4) is 0 Å². The van der Waals surface area contributed by atoms with E-state index in [0.29, 0.717) is 30.4 Å². The van der Waals surface area contributed by atoms with Gasteiger partial charge in [0.1, 0.15) is 5.82 Å². The van der Waals surface area contributed by atoms with E-state index in [0.717, 1.165) is 24.0 Å². The highest BCUT2D eigenvalue weighted by atomic mass is 19.1. The summed E-state index contributed by atoms with van der Waals surface area (Å²) in [5.74, 6) is 0.614. The first kappa shape index (κ1) is 17.7. The zero-order valence-corrected chi connectivity index (χ0v) is 15.3. The van der Waals surface area contributed by atoms with E-state index in [1.54, 1.807) is 12.1 Å². The molecule has 1 N–H and O–H groups in total. The predicted octanol–water partition coefficient (Wildman–Crippen LogP) is 3.48. The Morgan fingerprint density at radius 2 is 1.78 bits per heavy atom. The van der Waals surface area contributed by atoms with Gasteiger partial charge in [-0.3, -0.25) is 9.59 Å². The molecule has 4 nitrogen and oxygen atoms in total. The lowest BCUT2D eigenvalue weighted by Crippen LogP contribution is -2.38. The first-order chi connectivity index (χ1) is 13.0. The minimum absolute atomic E-state index is 0.0298. The SMILES string of the molecule is CN(C(=O)c1ccccc1-c1ccc(F)cc1)[C@H]1C[C@H]2CNC(=O)C[C@H]2C1. The highest BCUT2D eigenvalue weighted by molar-refractivity contribution is 6.01. The number of carbonyl (C=O) groups excluding carboxylic acids is 2. The molecular weight excluding hydrogens is 343 g/mol. The van der Waals surface area contributed by atoms with Crippen LogP contribution in [0.1, 0.15) is 29.6 Å².